The molecule has 20 heavy (non-hydrogen) atoms. The van der Waals surface area contributed by atoms with Gasteiger partial charge in [-0.2, -0.15) is 0 Å². The first-order valence-corrected chi connectivity index (χ1v) is 8.35. The molecule has 3 rings (SSSR count). The number of hydrogen-bond donors (Lipinski definition) is 1. The molecule has 110 valence electrons. The average Bonchev–Trinajstić information content (AvgIpc) is 2.51. The number of nitrogens with one attached hydrogen (secondary N) is 1. The lowest BCUT2D eigenvalue weighted by molar-refractivity contribution is 0.0142. The standard InChI is InChI=1S/C18H28N2/c1-2-20-14-17(13-16-9-5-3-6-10-16)19-15-18(20)11-7-4-8-12-18/h3,5-6,9-10,17,19H,2,4,7-8,11-15H2,1H3. The average molecular weight is 272 g/mol. The van der Waals surface area contributed by atoms with Gasteiger partial charge in [0, 0.05) is 24.7 Å². The first-order valence-electron chi connectivity index (χ1n) is 8.35. The van der Waals surface area contributed by atoms with E-state index >= 15 is 0 Å². The molecule has 0 bridgehead atoms. The lowest BCUT2D eigenvalue weighted by Crippen LogP contribution is -2.65. The molecule has 2 aliphatic rings. The first kappa shape index (κ1) is 14.1. The van der Waals surface area contributed by atoms with Crippen molar-refractivity contribution in [3.05, 3.63) is 35.9 Å². The predicted molar refractivity (Wildman–Crippen MR) is 85.0 cm³/mol. The van der Waals surface area contributed by atoms with E-state index < -0.39 is 0 Å². The zero-order valence-electron chi connectivity index (χ0n) is 12.8. The second kappa shape index (κ2) is 6.28. The summed E-state index contributed by atoms with van der Waals surface area (Å²) in [5.41, 5.74) is 1.93. The third kappa shape index (κ3) is 2.91. The van der Waals surface area contributed by atoms with Crippen molar-refractivity contribution in [2.24, 2.45) is 0 Å². The zero-order valence-corrected chi connectivity index (χ0v) is 12.8. The van der Waals surface area contributed by atoms with Crippen molar-refractivity contribution in [3.63, 3.8) is 0 Å². The van der Waals surface area contributed by atoms with Crippen LogP contribution in [0.1, 0.15) is 44.6 Å². The summed E-state index contributed by atoms with van der Waals surface area (Å²) in [4.78, 5) is 2.77. The number of piperazine rings is 1. The van der Waals surface area contributed by atoms with Gasteiger partial charge in [0.15, 0.2) is 0 Å². The van der Waals surface area contributed by atoms with Gasteiger partial charge >= 0.3 is 0 Å². The number of nitrogens with zero attached hydrogens (tertiary/aromatic N) is 1. The zero-order chi connectivity index (χ0) is 13.8. The van der Waals surface area contributed by atoms with Crippen molar-refractivity contribution < 1.29 is 0 Å². The fourth-order valence-electron chi connectivity index (χ4n) is 4.17. The van der Waals surface area contributed by atoms with Crippen LogP contribution in [0.4, 0.5) is 0 Å². The van der Waals surface area contributed by atoms with Crippen LogP contribution in [0.3, 0.4) is 0 Å². The molecule has 2 heteroatoms. The summed E-state index contributed by atoms with van der Waals surface area (Å²) in [5, 5.41) is 3.85. The highest BCUT2D eigenvalue weighted by Crippen LogP contribution is 2.35. The summed E-state index contributed by atoms with van der Waals surface area (Å²) in [6, 6.07) is 11.5. The van der Waals surface area contributed by atoms with E-state index in [0.29, 0.717) is 11.6 Å². The molecule has 1 aromatic carbocycles. The summed E-state index contributed by atoms with van der Waals surface area (Å²) < 4.78 is 0. The van der Waals surface area contributed by atoms with Crippen molar-refractivity contribution in [3.8, 4) is 0 Å². The molecule has 1 spiro atoms. The molecule has 1 saturated carbocycles. The molecular formula is C18H28N2. The van der Waals surface area contributed by atoms with Crippen LogP contribution in [-0.4, -0.2) is 36.1 Å². The Kier molecular flexibility index (Phi) is 4.42. The largest absolute Gasteiger partial charge is 0.311 e. The lowest BCUT2D eigenvalue weighted by atomic mass is 9.78. The van der Waals surface area contributed by atoms with Crippen LogP contribution in [0.25, 0.3) is 0 Å². The van der Waals surface area contributed by atoms with Crippen LogP contribution in [0, 0.1) is 0 Å². The highest BCUT2D eigenvalue weighted by molar-refractivity contribution is 5.16. The van der Waals surface area contributed by atoms with Crippen LogP contribution in [-0.2, 0) is 6.42 Å². The quantitative estimate of drug-likeness (QED) is 0.909. The molecule has 1 unspecified atom stereocenters. The maximum atomic E-state index is 3.85. The van der Waals surface area contributed by atoms with E-state index in [0.717, 1.165) is 6.42 Å². The highest BCUT2D eigenvalue weighted by atomic mass is 15.3. The minimum atomic E-state index is 0.472. The molecule has 0 amide bonds. The third-order valence-electron chi connectivity index (χ3n) is 5.32. The van der Waals surface area contributed by atoms with Gasteiger partial charge in [0.1, 0.15) is 0 Å². The molecule has 1 N–H and O–H groups in total. The van der Waals surface area contributed by atoms with E-state index in [-0.39, 0.29) is 0 Å². The van der Waals surface area contributed by atoms with E-state index in [2.05, 4.69) is 47.5 Å². The maximum absolute atomic E-state index is 3.85. The molecule has 1 aliphatic heterocycles. The summed E-state index contributed by atoms with van der Waals surface area (Å²) in [6.45, 7) is 5.94. The molecular weight excluding hydrogens is 244 g/mol. The normalized spacial score (nSPS) is 26.8. The number of likely N-dealkylation sites (N-methyl/N-ethyl adjacent to an activating group) is 1. The Morgan fingerprint density at radius 1 is 1.15 bits per heavy atom. The van der Waals surface area contributed by atoms with Crippen LogP contribution in [0.2, 0.25) is 0 Å². The van der Waals surface area contributed by atoms with Crippen molar-refractivity contribution in [1.82, 2.24) is 10.2 Å². The van der Waals surface area contributed by atoms with Gasteiger partial charge < -0.3 is 5.32 Å². The monoisotopic (exact) mass is 272 g/mol. The van der Waals surface area contributed by atoms with E-state index in [9.17, 15) is 0 Å². The Morgan fingerprint density at radius 2 is 1.90 bits per heavy atom. The van der Waals surface area contributed by atoms with Gasteiger partial charge in [-0.05, 0) is 31.4 Å². The van der Waals surface area contributed by atoms with Crippen molar-refractivity contribution >= 4 is 0 Å². The lowest BCUT2D eigenvalue weighted by Gasteiger charge is -2.52. The SMILES string of the molecule is CCN1CC(Cc2ccccc2)NCC12CCCCC2. The predicted octanol–water partition coefficient (Wildman–Crippen LogP) is 3.23. The van der Waals surface area contributed by atoms with Crippen molar-refractivity contribution in [2.75, 3.05) is 19.6 Å². The number of benzene rings is 1. The van der Waals surface area contributed by atoms with Gasteiger partial charge in [-0.25, -0.2) is 0 Å². The fourth-order valence-corrected chi connectivity index (χ4v) is 4.17. The first-order chi connectivity index (χ1) is 9.82. The van der Waals surface area contributed by atoms with Crippen LogP contribution in [0.5, 0.6) is 0 Å². The van der Waals surface area contributed by atoms with Gasteiger partial charge in [0.2, 0.25) is 0 Å². The van der Waals surface area contributed by atoms with E-state index in [1.54, 1.807) is 0 Å². The molecule has 2 fully saturated rings. The van der Waals surface area contributed by atoms with Crippen LogP contribution < -0.4 is 5.32 Å². The Labute approximate surface area is 123 Å². The Morgan fingerprint density at radius 3 is 2.60 bits per heavy atom. The second-order valence-corrected chi connectivity index (χ2v) is 6.59. The smallest absolute Gasteiger partial charge is 0.0334 e. The Balaban J connectivity index is 1.64. The van der Waals surface area contributed by atoms with E-state index in [1.165, 1.54) is 57.3 Å². The molecule has 1 aromatic rings. The molecule has 0 aromatic heterocycles. The Bertz CT molecular complexity index is 409. The number of rotatable bonds is 3. The van der Waals surface area contributed by atoms with Crippen LogP contribution in [0.15, 0.2) is 30.3 Å². The minimum absolute atomic E-state index is 0.472. The van der Waals surface area contributed by atoms with Crippen molar-refractivity contribution in [1.29, 1.82) is 0 Å². The van der Waals surface area contributed by atoms with Gasteiger partial charge in [0.05, 0.1) is 0 Å². The third-order valence-corrected chi connectivity index (χ3v) is 5.32. The molecule has 1 saturated heterocycles. The van der Waals surface area contributed by atoms with Crippen molar-refractivity contribution in [2.45, 2.75) is 57.0 Å². The summed E-state index contributed by atoms with van der Waals surface area (Å²) in [7, 11) is 0. The van der Waals surface area contributed by atoms with E-state index in [1.807, 2.05) is 0 Å². The molecule has 2 nitrogen and oxygen atoms in total. The fraction of sp³-hybridized carbons (Fsp3) is 0.667. The summed E-state index contributed by atoms with van der Waals surface area (Å²) in [5.74, 6) is 0. The van der Waals surface area contributed by atoms with Gasteiger partial charge in [-0.15, -0.1) is 0 Å². The molecule has 0 radical (unpaired) electrons. The summed E-state index contributed by atoms with van der Waals surface area (Å²) >= 11 is 0. The van der Waals surface area contributed by atoms with Crippen LogP contribution >= 0.6 is 0 Å². The second-order valence-electron chi connectivity index (χ2n) is 6.59. The Hall–Kier alpha value is -0.860. The molecule has 1 heterocycles. The molecule has 1 aliphatic carbocycles. The summed E-state index contributed by atoms with van der Waals surface area (Å²) in [6.07, 6.45) is 8.22. The topological polar surface area (TPSA) is 15.3 Å². The number of hydrogen-bond acceptors (Lipinski definition) is 2. The molecule has 1 atom stereocenters. The van der Waals surface area contributed by atoms with Gasteiger partial charge in [0.25, 0.3) is 0 Å². The van der Waals surface area contributed by atoms with Gasteiger partial charge in [-0.1, -0.05) is 56.5 Å². The minimum Gasteiger partial charge on any atom is -0.311 e. The van der Waals surface area contributed by atoms with E-state index in [4.69, 9.17) is 0 Å². The highest BCUT2D eigenvalue weighted by Gasteiger charge is 2.41. The maximum Gasteiger partial charge on any atom is 0.0334 e. The van der Waals surface area contributed by atoms with Gasteiger partial charge in [-0.3, -0.25) is 4.90 Å².